The van der Waals surface area contributed by atoms with Gasteiger partial charge in [-0.3, -0.25) is 4.79 Å². The van der Waals surface area contributed by atoms with Crippen LogP contribution in [0.4, 0.5) is 10.1 Å². The monoisotopic (exact) mass is 313 g/mol. The van der Waals surface area contributed by atoms with E-state index < -0.39 is 0 Å². The van der Waals surface area contributed by atoms with E-state index in [9.17, 15) is 9.18 Å². The Hall–Kier alpha value is -2.36. The van der Waals surface area contributed by atoms with Crippen LogP contribution in [-0.2, 0) is 0 Å². The number of ether oxygens (including phenoxy) is 1. The summed E-state index contributed by atoms with van der Waals surface area (Å²) >= 11 is 0. The number of halogens is 1. The van der Waals surface area contributed by atoms with Crippen molar-refractivity contribution in [3.8, 4) is 16.9 Å². The van der Waals surface area contributed by atoms with Crippen molar-refractivity contribution in [2.45, 2.75) is 19.8 Å². The van der Waals surface area contributed by atoms with Crippen LogP contribution in [0.5, 0.6) is 5.75 Å². The largest absolute Gasteiger partial charge is 0.493 e. The molecule has 2 aromatic rings. The zero-order valence-corrected chi connectivity index (χ0v) is 13.2. The van der Waals surface area contributed by atoms with Gasteiger partial charge in [0.1, 0.15) is 17.9 Å². The van der Waals surface area contributed by atoms with Gasteiger partial charge in [-0.25, -0.2) is 4.39 Å². The lowest BCUT2D eigenvalue weighted by Gasteiger charge is -2.24. The maximum atomic E-state index is 13.3. The van der Waals surface area contributed by atoms with E-state index in [1.807, 2.05) is 13.0 Å². The fraction of sp³-hybridized carbons (Fsp3) is 0.316. The summed E-state index contributed by atoms with van der Waals surface area (Å²) in [7, 11) is 0. The zero-order chi connectivity index (χ0) is 16.2. The molecule has 1 heterocycles. The van der Waals surface area contributed by atoms with Gasteiger partial charge in [-0.1, -0.05) is 12.1 Å². The van der Waals surface area contributed by atoms with Gasteiger partial charge in [-0.2, -0.15) is 0 Å². The minimum atomic E-state index is -0.265. The van der Waals surface area contributed by atoms with Crippen molar-refractivity contribution in [1.82, 2.24) is 0 Å². The van der Waals surface area contributed by atoms with Crippen LogP contribution in [0.3, 0.4) is 0 Å². The van der Waals surface area contributed by atoms with Crippen molar-refractivity contribution in [3.05, 3.63) is 47.8 Å². The number of anilines is 1. The topological polar surface area (TPSA) is 29.5 Å². The van der Waals surface area contributed by atoms with E-state index in [0.29, 0.717) is 17.9 Å². The summed E-state index contributed by atoms with van der Waals surface area (Å²) < 4.78 is 19.1. The second-order valence-electron chi connectivity index (χ2n) is 5.67. The highest BCUT2D eigenvalue weighted by atomic mass is 19.1. The van der Waals surface area contributed by atoms with E-state index in [0.717, 1.165) is 49.0 Å². The maximum absolute atomic E-state index is 13.3. The third-order valence-electron chi connectivity index (χ3n) is 4.12. The van der Waals surface area contributed by atoms with Crippen molar-refractivity contribution in [3.63, 3.8) is 0 Å². The lowest BCUT2D eigenvalue weighted by molar-refractivity contribution is 0.112. The molecule has 3 nitrogen and oxygen atoms in total. The first-order valence-corrected chi connectivity index (χ1v) is 8.00. The van der Waals surface area contributed by atoms with E-state index in [2.05, 4.69) is 4.90 Å². The van der Waals surface area contributed by atoms with Gasteiger partial charge in [0.15, 0.2) is 0 Å². The lowest BCUT2D eigenvalue weighted by Crippen LogP contribution is -2.19. The molecule has 2 aromatic carbocycles. The maximum Gasteiger partial charge on any atom is 0.150 e. The molecule has 3 rings (SSSR count). The van der Waals surface area contributed by atoms with E-state index in [1.165, 1.54) is 12.1 Å². The minimum absolute atomic E-state index is 0.265. The fourth-order valence-electron chi connectivity index (χ4n) is 3.07. The third-order valence-corrected chi connectivity index (χ3v) is 4.12. The van der Waals surface area contributed by atoms with Crippen LogP contribution in [0.15, 0.2) is 36.4 Å². The van der Waals surface area contributed by atoms with Crippen LogP contribution in [0.25, 0.3) is 11.1 Å². The van der Waals surface area contributed by atoms with E-state index in [1.54, 1.807) is 18.2 Å². The third kappa shape index (κ3) is 3.21. The van der Waals surface area contributed by atoms with Crippen LogP contribution >= 0.6 is 0 Å². The number of nitrogens with zero attached hydrogens (tertiary/aromatic N) is 1. The molecule has 0 unspecified atom stereocenters. The molecule has 0 amide bonds. The van der Waals surface area contributed by atoms with Gasteiger partial charge in [0.25, 0.3) is 0 Å². The Labute approximate surface area is 135 Å². The van der Waals surface area contributed by atoms with Crippen molar-refractivity contribution in [1.29, 1.82) is 0 Å². The first-order valence-electron chi connectivity index (χ1n) is 8.00. The Morgan fingerprint density at radius 3 is 2.48 bits per heavy atom. The molecule has 23 heavy (non-hydrogen) atoms. The summed E-state index contributed by atoms with van der Waals surface area (Å²) in [6.45, 7) is 4.34. The quantitative estimate of drug-likeness (QED) is 0.771. The molecule has 1 aliphatic rings. The van der Waals surface area contributed by atoms with Crippen molar-refractivity contribution in [2.24, 2.45) is 0 Å². The first kappa shape index (κ1) is 15.5. The number of aldehydes is 1. The van der Waals surface area contributed by atoms with Gasteiger partial charge in [-0.05, 0) is 49.6 Å². The average molecular weight is 313 g/mol. The summed E-state index contributed by atoms with van der Waals surface area (Å²) in [6.07, 6.45) is 3.12. The van der Waals surface area contributed by atoms with Crippen LogP contribution in [-0.4, -0.2) is 26.0 Å². The SMILES string of the molecule is CCOc1cc(C=O)cc(N2CCCC2)c1-c1ccc(F)cc1. The molecule has 0 atom stereocenters. The number of carbonyl (C=O) groups is 1. The van der Waals surface area contributed by atoms with E-state index in [4.69, 9.17) is 4.74 Å². The van der Waals surface area contributed by atoms with Crippen LogP contribution < -0.4 is 9.64 Å². The average Bonchev–Trinajstić information content (AvgIpc) is 3.10. The van der Waals surface area contributed by atoms with Gasteiger partial charge >= 0.3 is 0 Å². The number of hydrogen-bond donors (Lipinski definition) is 0. The number of rotatable bonds is 5. The van der Waals surface area contributed by atoms with E-state index >= 15 is 0 Å². The predicted molar refractivity (Wildman–Crippen MR) is 89.8 cm³/mol. The highest BCUT2D eigenvalue weighted by Gasteiger charge is 2.21. The molecular weight excluding hydrogens is 293 g/mol. The Kier molecular flexibility index (Phi) is 4.60. The Morgan fingerprint density at radius 2 is 1.87 bits per heavy atom. The van der Waals surface area contributed by atoms with Crippen LogP contribution in [0, 0.1) is 5.82 Å². The summed E-state index contributed by atoms with van der Waals surface area (Å²) in [5.74, 6) is 0.407. The second kappa shape index (κ2) is 6.82. The molecule has 0 aliphatic carbocycles. The molecule has 0 radical (unpaired) electrons. The number of carbonyl (C=O) groups excluding carboxylic acids is 1. The number of hydrogen-bond acceptors (Lipinski definition) is 3. The standard InChI is InChI=1S/C19H20FNO2/c1-2-23-18-12-14(13-22)11-17(21-9-3-4-10-21)19(18)15-5-7-16(20)8-6-15/h5-8,11-13H,2-4,9-10H2,1H3. The van der Waals surface area contributed by atoms with Crippen LogP contribution in [0.1, 0.15) is 30.1 Å². The smallest absolute Gasteiger partial charge is 0.150 e. The van der Waals surface area contributed by atoms with Crippen molar-refractivity contribution >= 4 is 12.0 Å². The van der Waals surface area contributed by atoms with Gasteiger partial charge in [0, 0.05) is 29.9 Å². The molecular formula is C19H20FNO2. The molecule has 120 valence electrons. The molecule has 1 fully saturated rings. The molecule has 4 heteroatoms. The van der Waals surface area contributed by atoms with Crippen molar-refractivity contribution in [2.75, 3.05) is 24.6 Å². The van der Waals surface area contributed by atoms with E-state index in [-0.39, 0.29) is 5.82 Å². The normalized spacial score (nSPS) is 14.1. The summed E-state index contributed by atoms with van der Waals surface area (Å²) in [5.41, 5.74) is 3.41. The molecule has 1 saturated heterocycles. The molecule has 0 saturated carbocycles. The molecule has 0 spiro atoms. The molecule has 0 N–H and O–H groups in total. The lowest BCUT2D eigenvalue weighted by atomic mass is 9.99. The summed E-state index contributed by atoms with van der Waals surface area (Å²) in [5, 5.41) is 0. The highest BCUT2D eigenvalue weighted by molar-refractivity contribution is 5.89. The predicted octanol–water partition coefficient (Wildman–Crippen LogP) is 4.30. The first-order chi connectivity index (χ1) is 11.2. The number of benzene rings is 2. The summed E-state index contributed by atoms with van der Waals surface area (Å²) in [6, 6.07) is 10.1. The zero-order valence-electron chi connectivity index (χ0n) is 13.2. The van der Waals surface area contributed by atoms with Gasteiger partial charge < -0.3 is 9.64 Å². The Bertz CT molecular complexity index is 691. The Morgan fingerprint density at radius 1 is 1.17 bits per heavy atom. The Balaban J connectivity index is 2.19. The van der Waals surface area contributed by atoms with Gasteiger partial charge in [-0.15, -0.1) is 0 Å². The van der Waals surface area contributed by atoms with Gasteiger partial charge in [0.05, 0.1) is 6.61 Å². The molecule has 0 aromatic heterocycles. The van der Waals surface area contributed by atoms with Gasteiger partial charge in [0.2, 0.25) is 0 Å². The summed E-state index contributed by atoms with van der Waals surface area (Å²) in [4.78, 5) is 13.6. The minimum Gasteiger partial charge on any atom is -0.493 e. The molecule has 0 bridgehead atoms. The fourth-order valence-corrected chi connectivity index (χ4v) is 3.07. The van der Waals surface area contributed by atoms with Crippen molar-refractivity contribution < 1.29 is 13.9 Å². The molecule has 1 aliphatic heterocycles. The second-order valence-corrected chi connectivity index (χ2v) is 5.67. The highest BCUT2D eigenvalue weighted by Crippen LogP contribution is 2.41. The van der Waals surface area contributed by atoms with Crippen LogP contribution in [0.2, 0.25) is 0 Å².